The number of anilines is 1. The Morgan fingerprint density at radius 1 is 1.07 bits per heavy atom. The first-order chi connectivity index (χ1) is 13.9. The predicted molar refractivity (Wildman–Crippen MR) is 107 cm³/mol. The summed E-state index contributed by atoms with van der Waals surface area (Å²) in [5, 5.41) is 7.93. The lowest BCUT2D eigenvalue weighted by Gasteiger charge is -2.08. The number of aryl methyl sites for hydroxylation is 2. The second-order valence-corrected chi connectivity index (χ2v) is 6.82. The van der Waals surface area contributed by atoms with E-state index in [-0.39, 0.29) is 24.1 Å². The maximum absolute atomic E-state index is 13.7. The Kier molecular flexibility index (Phi) is 4.80. The molecule has 2 aromatic carbocycles. The van der Waals surface area contributed by atoms with Gasteiger partial charge in [-0.05, 0) is 60.9 Å². The average Bonchev–Trinajstić information content (AvgIpc) is 3.01. The first kappa shape index (κ1) is 18.7. The van der Waals surface area contributed by atoms with Crippen LogP contribution in [-0.2, 0) is 11.3 Å². The molecule has 1 N–H and O–H groups in total. The number of rotatable bonds is 4. The van der Waals surface area contributed by atoms with Crippen LogP contribution in [0.1, 0.15) is 11.3 Å². The second-order valence-electron chi connectivity index (χ2n) is 6.82. The van der Waals surface area contributed by atoms with Crippen molar-refractivity contribution >= 4 is 22.6 Å². The molecule has 0 radical (unpaired) electrons. The molecule has 7 heteroatoms. The van der Waals surface area contributed by atoms with Crippen molar-refractivity contribution in [3.63, 3.8) is 0 Å². The molecule has 0 spiro atoms. The lowest BCUT2D eigenvalue weighted by Crippen LogP contribution is -2.20. The number of halogens is 2. The topological polar surface area (TPSA) is 59.8 Å². The van der Waals surface area contributed by atoms with Crippen LogP contribution in [0.25, 0.3) is 22.2 Å². The predicted octanol–water partition coefficient (Wildman–Crippen LogP) is 4.63. The maximum atomic E-state index is 13.7. The van der Waals surface area contributed by atoms with E-state index in [1.807, 2.05) is 13.0 Å². The molecule has 1 amide bonds. The molecular weight excluding hydrogens is 374 g/mol. The number of benzene rings is 2. The van der Waals surface area contributed by atoms with Crippen LogP contribution >= 0.6 is 0 Å². The summed E-state index contributed by atoms with van der Waals surface area (Å²) >= 11 is 0. The van der Waals surface area contributed by atoms with E-state index in [2.05, 4.69) is 15.4 Å². The molecule has 146 valence electrons. The monoisotopic (exact) mass is 392 g/mol. The molecule has 4 rings (SSSR count). The van der Waals surface area contributed by atoms with Crippen molar-refractivity contribution in [1.29, 1.82) is 0 Å². The van der Waals surface area contributed by atoms with E-state index < -0.39 is 0 Å². The average molecular weight is 392 g/mol. The Balaban J connectivity index is 1.64. The molecule has 2 aromatic heterocycles. The summed E-state index contributed by atoms with van der Waals surface area (Å²) in [6, 6.07) is 12.6. The van der Waals surface area contributed by atoms with Crippen LogP contribution in [0.3, 0.4) is 0 Å². The molecule has 0 atom stereocenters. The third-order valence-corrected chi connectivity index (χ3v) is 4.71. The summed E-state index contributed by atoms with van der Waals surface area (Å²) in [5.41, 5.74) is 3.84. The van der Waals surface area contributed by atoms with E-state index in [1.54, 1.807) is 37.4 Å². The SMILES string of the molecule is Cc1ccc(NC(=O)Cn2nc(C)c3c(-c4ccc(F)cc4)ccnc32)cc1F. The fourth-order valence-electron chi connectivity index (χ4n) is 3.27. The van der Waals surface area contributed by atoms with Crippen LogP contribution in [0.2, 0.25) is 0 Å². The van der Waals surface area contributed by atoms with Crippen LogP contribution < -0.4 is 5.32 Å². The van der Waals surface area contributed by atoms with Gasteiger partial charge >= 0.3 is 0 Å². The highest BCUT2D eigenvalue weighted by Gasteiger charge is 2.16. The fraction of sp³-hybridized carbons (Fsp3) is 0.136. The van der Waals surface area contributed by atoms with Gasteiger partial charge in [-0.15, -0.1) is 0 Å². The zero-order valence-corrected chi connectivity index (χ0v) is 15.9. The Hall–Kier alpha value is -3.61. The highest BCUT2D eigenvalue weighted by molar-refractivity contribution is 5.96. The first-order valence-electron chi connectivity index (χ1n) is 9.06. The summed E-state index contributed by atoms with van der Waals surface area (Å²) in [5.74, 6) is -1.03. The van der Waals surface area contributed by atoms with E-state index >= 15 is 0 Å². The van der Waals surface area contributed by atoms with Crippen molar-refractivity contribution in [1.82, 2.24) is 14.8 Å². The lowest BCUT2D eigenvalue weighted by atomic mass is 10.0. The molecule has 0 saturated heterocycles. The van der Waals surface area contributed by atoms with Gasteiger partial charge < -0.3 is 5.32 Å². The van der Waals surface area contributed by atoms with Gasteiger partial charge in [-0.25, -0.2) is 18.4 Å². The van der Waals surface area contributed by atoms with Gasteiger partial charge in [-0.3, -0.25) is 4.79 Å². The van der Waals surface area contributed by atoms with Gasteiger partial charge in [0.15, 0.2) is 5.65 Å². The number of aromatic nitrogens is 3. The molecule has 5 nitrogen and oxygen atoms in total. The number of nitrogens with zero attached hydrogens (tertiary/aromatic N) is 3. The number of hydrogen-bond acceptors (Lipinski definition) is 3. The third kappa shape index (κ3) is 3.71. The minimum absolute atomic E-state index is 0.0697. The summed E-state index contributed by atoms with van der Waals surface area (Å²) in [6.07, 6.45) is 1.63. The van der Waals surface area contributed by atoms with Crippen LogP contribution in [-0.4, -0.2) is 20.7 Å². The van der Waals surface area contributed by atoms with Crippen molar-refractivity contribution in [2.45, 2.75) is 20.4 Å². The van der Waals surface area contributed by atoms with Crippen molar-refractivity contribution in [2.75, 3.05) is 5.32 Å². The number of carbonyl (C=O) groups is 1. The van der Waals surface area contributed by atoms with Gasteiger partial charge in [0.1, 0.15) is 18.2 Å². The van der Waals surface area contributed by atoms with E-state index in [0.717, 1.165) is 16.5 Å². The van der Waals surface area contributed by atoms with Gasteiger partial charge in [0.05, 0.1) is 5.69 Å². The number of amides is 1. The second kappa shape index (κ2) is 7.43. The van der Waals surface area contributed by atoms with Crippen molar-refractivity contribution in [3.05, 3.63) is 77.6 Å². The van der Waals surface area contributed by atoms with Crippen molar-refractivity contribution in [2.24, 2.45) is 0 Å². The summed E-state index contributed by atoms with van der Waals surface area (Å²) < 4.78 is 28.5. The van der Waals surface area contributed by atoms with E-state index in [0.29, 0.717) is 22.6 Å². The van der Waals surface area contributed by atoms with Crippen molar-refractivity contribution < 1.29 is 13.6 Å². The largest absolute Gasteiger partial charge is 0.324 e. The Labute approximate surface area is 166 Å². The van der Waals surface area contributed by atoms with Gasteiger partial charge in [0, 0.05) is 17.3 Å². The molecule has 0 fully saturated rings. The van der Waals surface area contributed by atoms with Crippen LogP contribution in [0, 0.1) is 25.5 Å². The van der Waals surface area contributed by atoms with E-state index in [1.165, 1.54) is 22.9 Å². The van der Waals surface area contributed by atoms with Gasteiger partial charge in [0.2, 0.25) is 5.91 Å². The van der Waals surface area contributed by atoms with Crippen LogP contribution in [0.15, 0.2) is 54.7 Å². The van der Waals surface area contributed by atoms with Gasteiger partial charge in [-0.2, -0.15) is 5.10 Å². The summed E-state index contributed by atoms with van der Waals surface area (Å²) in [7, 11) is 0. The van der Waals surface area contributed by atoms with Gasteiger partial charge in [0.25, 0.3) is 0 Å². The van der Waals surface area contributed by atoms with Crippen molar-refractivity contribution in [3.8, 4) is 11.1 Å². The number of pyridine rings is 1. The van der Waals surface area contributed by atoms with Crippen LogP contribution in [0.4, 0.5) is 14.5 Å². The van der Waals surface area contributed by atoms with E-state index in [9.17, 15) is 13.6 Å². The molecule has 0 unspecified atom stereocenters. The quantitative estimate of drug-likeness (QED) is 0.551. The Morgan fingerprint density at radius 2 is 1.83 bits per heavy atom. The zero-order chi connectivity index (χ0) is 20.5. The highest BCUT2D eigenvalue weighted by atomic mass is 19.1. The first-order valence-corrected chi connectivity index (χ1v) is 9.06. The lowest BCUT2D eigenvalue weighted by molar-refractivity contribution is -0.116. The molecule has 0 aliphatic rings. The molecule has 0 aliphatic carbocycles. The maximum Gasteiger partial charge on any atom is 0.246 e. The van der Waals surface area contributed by atoms with Gasteiger partial charge in [-0.1, -0.05) is 18.2 Å². The normalized spacial score (nSPS) is 11.0. The molecule has 0 bridgehead atoms. The summed E-state index contributed by atoms with van der Waals surface area (Å²) in [6.45, 7) is 3.42. The smallest absolute Gasteiger partial charge is 0.246 e. The minimum Gasteiger partial charge on any atom is -0.324 e. The Bertz CT molecular complexity index is 1220. The Morgan fingerprint density at radius 3 is 2.55 bits per heavy atom. The number of fused-ring (bicyclic) bond motifs is 1. The molecule has 29 heavy (non-hydrogen) atoms. The molecule has 0 aliphatic heterocycles. The third-order valence-electron chi connectivity index (χ3n) is 4.71. The number of carbonyl (C=O) groups excluding carboxylic acids is 1. The standard InChI is InChI=1S/C22H18F2N4O/c1-13-3-8-17(11-19(13)24)26-20(29)12-28-22-21(14(2)27-28)18(9-10-25-22)15-4-6-16(23)7-5-15/h3-11H,12H2,1-2H3,(H,26,29). The fourth-order valence-corrected chi connectivity index (χ4v) is 3.27. The van der Waals surface area contributed by atoms with Crippen LogP contribution in [0.5, 0.6) is 0 Å². The zero-order valence-electron chi connectivity index (χ0n) is 15.9. The number of hydrogen-bond donors (Lipinski definition) is 1. The highest BCUT2D eigenvalue weighted by Crippen LogP contribution is 2.30. The summed E-state index contributed by atoms with van der Waals surface area (Å²) in [4.78, 5) is 16.8. The molecule has 2 heterocycles. The molecule has 0 saturated carbocycles. The van der Waals surface area contributed by atoms with E-state index in [4.69, 9.17) is 0 Å². The molecule has 4 aromatic rings. The minimum atomic E-state index is -0.381. The molecular formula is C22H18F2N4O. The number of nitrogens with one attached hydrogen (secondary N) is 1.